The molecule has 0 amide bonds. The minimum absolute atomic E-state index is 0.298. The number of hydrogen-bond acceptors (Lipinski definition) is 3. The van der Waals surface area contributed by atoms with E-state index in [9.17, 15) is 0 Å². The Hall–Kier alpha value is -1.48. The monoisotopic (exact) mass is 261 g/mol. The molecule has 0 fully saturated rings. The SMILES string of the molecule is CCOc1cc(C)ccc1NC(C)c1cccs1. The molecule has 1 heterocycles. The zero-order valence-electron chi connectivity index (χ0n) is 11.1. The second-order valence-electron chi connectivity index (χ2n) is 4.31. The van der Waals surface area contributed by atoms with Crippen LogP contribution < -0.4 is 10.1 Å². The van der Waals surface area contributed by atoms with E-state index in [4.69, 9.17) is 4.74 Å². The maximum atomic E-state index is 5.68. The van der Waals surface area contributed by atoms with Crippen molar-refractivity contribution in [1.29, 1.82) is 0 Å². The first kappa shape index (κ1) is 13.0. The summed E-state index contributed by atoms with van der Waals surface area (Å²) in [6.45, 7) is 6.94. The van der Waals surface area contributed by atoms with Gasteiger partial charge in [0.15, 0.2) is 0 Å². The second kappa shape index (κ2) is 5.91. The first-order valence-electron chi connectivity index (χ1n) is 6.24. The Bertz CT molecular complexity index is 493. The van der Waals surface area contributed by atoms with Crippen LogP contribution in [0.15, 0.2) is 35.7 Å². The molecule has 0 bridgehead atoms. The topological polar surface area (TPSA) is 21.3 Å². The van der Waals surface area contributed by atoms with Gasteiger partial charge in [0.1, 0.15) is 5.75 Å². The van der Waals surface area contributed by atoms with Crippen molar-refractivity contribution in [3.8, 4) is 5.75 Å². The van der Waals surface area contributed by atoms with E-state index in [1.54, 1.807) is 11.3 Å². The molecule has 1 unspecified atom stereocenters. The van der Waals surface area contributed by atoms with Crippen LogP contribution in [0.5, 0.6) is 5.75 Å². The molecule has 96 valence electrons. The lowest BCUT2D eigenvalue weighted by molar-refractivity contribution is 0.341. The molecule has 0 aliphatic heterocycles. The van der Waals surface area contributed by atoms with Gasteiger partial charge in [-0.25, -0.2) is 0 Å². The number of aryl methyl sites for hydroxylation is 1. The van der Waals surface area contributed by atoms with Crippen molar-refractivity contribution in [2.75, 3.05) is 11.9 Å². The van der Waals surface area contributed by atoms with Crippen LogP contribution in [0.25, 0.3) is 0 Å². The van der Waals surface area contributed by atoms with E-state index in [2.05, 4.69) is 54.9 Å². The van der Waals surface area contributed by atoms with E-state index >= 15 is 0 Å². The van der Waals surface area contributed by atoms with Gasteiger partial charge in [-0.15, -0.1) is 11.3 Å². The molecular weight excluding hydrogens is 242 g/mol. The van der Waals surface area contributed by atoms with Crippen LogP contribution >= 0.6 is 11.3 Å². The molecule has 2 rings (SSSR count). The summed E-state index contributed by atoms with van der Waals surface area (Å²) in [5.41, 5.74) is 2.27. The molecule has 0 spiro atoms. The van der Waals surface area contributed by atoms with Crippen molar-refractivity contribution < 1.29 is 4.74 Å². The predicted octanol–water partition coefficient (Wildman–Crippen LogP) is 4.63. The molecule has 2 aromatic rings. The lowest BCUT2D eigenvalue weighted by Crippen LogP contribution is -2.07. The smallest absolute Gasteiger partial charge is 0.142 e. The predicted molar refractivity (Wildman–Crippen MR) is 78.7 cm³/mol. The first-order chi connectivity index (χ1) is 8.70. The fourth-order valence-electron chi connectivity index (χ4n) is 1.87. The van der Waals surface area contributed by atoms with Crippen molar-refractivity contribution in [1.82, 2.24) is 0 Å². The maximum Gasteiger partial charge on any atom is 0.142 e. The number of thiophene rings is 1. The molecular formula is C15H19NOS. The normalized spacial score (nSPS) is 12.2. The van der Waals surface area contributed by atoms with Crippen LogP contribution in [0.4, 0.5) is 5.69 Å². The lowest BCUT2D eigenvalue weighted by Gasteiger charge is -2.17. The highest BCUT2D eigenvalue weighted by Crippen LogP contribution is 2.30. The highest BCUT2D eigenvalue weighted by Gasteiger charge is 2.09. The molecule has 3 heteroatoms. The van der Waals surface area contributed by atoms with Crippen molar-refractivity contribution in [2.24, 2.45) is 0 Å². The van der Waals surface area contributed by atoms with E-state index in [0.29, 0.717) is 12.6 Å². The molecule has 1 aromatic heterocycles. The molecule has 18 heavy (non-hydrogen) atoms. The van der Waals surface area contributed by atoms with Crippen molar-refractivity contribution in [3.63, 3.8) is 0 Å². The maximum absolute atomic E-state index is 5.68. The third kappa shape index (κ3) is 3.05. The van der Waals surface area contributed by atoms with Gasteiger partial charge < -0.3 is 10.1 Å². The van der Waals surface area contributed by atoms with Crippen LogP contribution in [0.1, 0.15) is 30.3 Å². The Morgan fingerprint density at radius 2 is 2.17 bits per heavy atom. The summed E-state index contributed by atoms with van der Waals surface area (Å²) < 4.78 is 5.68. The lowest BCUT2D eigenvalue weighted by atomic mass is 10.2. The second-order valence-corrected chi connectivity index (χ2v) is 5.29. The standard InChI is InChI=1S/C15H19NOS/c1-4-17-14-10-11(2)7-8-13(14)16-12(3)15-6-5-9-18-15/h5-10,12,16H,4H2,1-3H3. The Morgan fingerprint density at radius 1 is 1.33 bits per heavy atom. The summed E-state index contributed by atoms with van der Waals surface area (Å²) in [7, 11) is 0. The fourth-order valence-corrected chi connectivity index (χ4v) is 2.60. The Morgan fingerprint density at radius 3 is 2.83 bits per heavy atom. The zero-order chi connectivity index (χ0) is 13.0. The third-order valence-corrected chi connectivity index (χ3v) is 3.83. The van der Waals surface area contributed by atoms with Gasteiger partial charge in [0.05, 0.1) is 18.3 Å². The summed E-state index contributed by atoms with van der Waals surface area (Å²) in [6.07, 6.45) is 0. The molecule has 0 saturated carbocycles. The minimum atomic E-state index is 0.298. The molecule has 2 nitrogen and oxygen atoms in total. The van der Waals surface area contributed by atoms with Crippen LogP contribution in [0, 0.1) is 6.92 Å². The highest BCUT2D eigenvalue weighted by atomic mass is 32.1. The van der Waals surface area contributed by atoms with E-state index < -0.39 is 0 Å². The van der Waals surface area contributed by atoms with Crippen LogP contribution in [-0.4, -0.2) is 6.61 Å². The average molecular weight is 261 g/mol. The van der Waals surface area contributed by atoms with Gasteiger partial charge in [-0.2, -0.15) is 0 Å². The van der Waals surface area contributed by atoms with Gasteiger partial charge in [0, 0.05) is 4.88 Å². The zero-order valence-corrected chi connectivity index (χ0v) is 11.9. The Balaban J connectivity index is 2.17. The van der Waals surface area contributed by atoms with Crippen molar-refractivity contribution >= 4 is 17.0 Å². The summed E-state index contributed by atoms with van der Waals surface area (Å²) in [6, 6.07) is 10.8. The summed E-state index contributed by atoms with van der Waals surface area (Å²) in [4.78, 5) is 1.33. The number of hydrogen-bond donors (Lipinski definition) is 1. The summed E-state index contributed by atoms with van der Waals surface area (Å²) in [5.74, 6) is 0.931. The Kier molecular flexibility index (Phi) is 4.26. The van der Waals surface area contributed by atoms with Crippen LogP contribution in [-0.2, 0) is 0 Å². The molecule has 1 N–H and O–H groups in total. The van der Waals surface area contributed by atoms with Gasteiger partial charge in [-0.05, 0) is 49.9 Å². The molecule has 0 aliphatic rings. The van der Waals surface area contributed by atoms with Crippen molar-refractivity contribution in [3.05, 3.63) is 46.2 Å². The first-order valence-corrected chi connectivity index (χ1v) is 7.12. The molecule has 1 aromatic carbocycles. The quantitative estimate of drug-likeness (QED) is 0.847. The van der Waals surface area contributed by atoms with E-state index in [-0.39, 0.29) is 0 Å². The van der Waals surface area contributed by atoms with Gasteiger partial charge >= 0.3 is 0 Å². The van der Waals surface area contributed by atoms with Crippen molar-refractivity contribution in [2.45, 2.75) is 26.8 Å². The van der Waals surface area contributed by atoms with Gasteiger partial charge in [-0.1, -0.05) is 12.1 Å². The van der Waals surface area contributed by atoms with E-state index in [0.717, 1.165) is 11.4 Å². The molecule has 0 radical (unpaired) electrons. The number of nitrogens with one attached hydrogen (secondary N) is 1. The van der Waals surface area contributed by atoms with Crippen LogP contribution in [0.3, 0.4) is 0 Å². The molecule has 0 aliphatic carbocycles. The number of ether oxygens (including phenoxy) is 1. The summed E-state index contributed by atoms with van der Waals surface area (Å²) in [5, 5.41) is 5.61. The molecule has 0 saturated heterocycles. The van der Waals surface area contributed by atoms with Gasteiger partial charge in [-0.3, -0.25) is 0 Å². The average Bonchev–Trinajstić information content (AvgIpc) is 2.86. The minimum Gasteiger partial charge on any atom is -0.492 e. The third-order valence-electron chi connectivity index (χ3n) is 2.78. The number of anilines is 1. The van der Waals surface area contributed by atoms with E-state index in [1.165, 1.54) is 10.4 Å². The van der Waals surface area contributed by atoms with Crippen LogP contribution in [0.2, 0.25) is 0 Å². The largest absolute Gasteiger partial charge is 0.492 e. The highest BCUT2D eigenvalue weighted by molar-refractivity contribution is 7.10. The number of benzene rings is 1. The van der Waals surface area contributed by atoms with Gasteiger partial charge in [0.2, 0.25) is 0 Å². The Labute approximate surface area is 113 Å². The summed E-state index contributed by atoms with van der Waals surface area (Å²) >= 11 is 1.77. The molecule has 1 atom stereocenters. The fraction of sp³-hybridized carbons (Fsp3) is 0.333. The number of rotatable bonds is 5. The van der Waals surface area contributed by atoms with E-state index in [1.807, 2.05) is 6.92 Å². The van der Waals surface area contributed by atoms with Gasteiger partial charge in [0.25, 0.3) is 0 Å².